The summed E-state index contributed by atoms with van der Waals surface area (Å²) in [7, 11) is 0. The minimum Gasteiger partial charge on any atom is -0.359 e. The highest BCUT2D eigenvalue weighted by Gasteiger charge is 2.25. The Morgan fingerprint density at radius 2 is 2.19 bits per heavy atom. The third-order valence-electron chi connectivity index (χ3n) is 3.25. The van der Waals surface area contributed by atoms with E-state index < -0.39 is 0 Å². The third kappa shape index (κ3) is 1.80. The molecule has 2 nitrogen and oxygen atoms in total. The van der Waals surface area contributed by atoms with E-state index in [1.807, 2.05) is 0 Å². The lowest BCUT2D eigenvalue weighted by Crippen LogP contribution is -2.33. The molecule has 1 fully saturated rings. The van der Waals surface area contributed by atoms with Crippen LogP contribution >= 0.6 is 11.3 Å². The lowest BCUT2D eigenvalue weighted by Gasteiger charge is -2.33. The molecule has 0 amide bonds. The quantitative estimate of drug-likeness (QED) is 0.851. The lowest BCUT2D eigenvalue weighted by molar-refractivity contribution is 0.309. The Morgan fingerprint density at radius 1 is 1.38 bits per heavy atom. The molecule has 1 aromatic carbocycles. The van der Waals surface area contributed by atoms with Crippen molar-refractivity contribution < 1.29 is 0 Å². The number of aryl methyl sites for hydroxylation is 1. The van der Waals surface area contributed by atoms with Gasteiger partial charge in [0, 0.05) is 6.04 Å². The Labute approximate surface area is 99.7 Å². The van der Waals surface area contributed by atoms with Gasteiger partial charge >= 0.3 is 0 Å². The van der Waals surface area contributed by atoms with Gasteiger partial charge in [0.15, 0.2) is 5.13 Å². The van der Waals surface area contributed by atoms with Crippen LogP contribution in [0.1, 0.15) is 25.3 Å². The first-order valence-corrected chi connectivity index (χ1v) is 6.66. The highest BCUT2D eigenvalue weighted by atomic mass is 32.1. The van der Waals surface area contributed by atoms with Gasteiger partial charge in [0.2, 0.25) is 0 Å². The average molecular weight is 232 g/mol. The second-order valence-electron chi connectivity index (χ2n) is 4.91. The number of fused-ring (bicyclic) bond motifs is 1. The van der Waals surface area contributed by atoms with Gasteiger partial charge in [0.05, 0.1) is 10.2 Å². The van der Waals surface area contributed by atoms with Gasteiger partial charge in [-0.3, -0.25) is 0 Å². The van der Waals surface area contributed by atoms with Gasteiger partial charge in [-0.2, -0.15) is 0 Å². The molecule has 0 bridgehead atoms. The molecule has 3 heteroatoms. The minimum absolute atomic E-state index is 0.650. The van der Waals surface area contributed by atoms with E-state index >= 15 is 0 Å². The molecule has 2 aromatic rings. The Balaban J connectivity index is 1.82. The summed E-state index contributed by atoms with van der Waals surface area (Å²) in [5.41, 5.74) is 2.42. The summed E-state index contributed by atoms with van der Waals surface area (Å²) >= 11 is 1.77. The predicted octanol–water partition coefficient (Wildman–Crippen LogP) is 3.82. The minimum atomic E-state index is 0.650. The molecule has 1 saturated carbocycles. The first kappa shape index (κ1) is 10.1. The second kappa shape index (κ2) is 3.74. The maximum absolute atomic E-state index is 4.61. The summed E-state index contributed by atoms with van der Waals surface area (Å²) < 4.78 is 1.29. The van der Waals surface area contributed by atoms with Crippen molar-refractivity contribution in [2.75, 3.05) is 5.32 Å². The molecule has 84 valence electrons. The molecule has 1 heterocycles. The van der Waals surface area contributed by atoms with E-state index in [9.17, 15) is 0 Å². The summed E-state index contributed by atoms with van der Waals surface area (Å²) in [4.78, 5) is 4.61. The molecule has 1 N–H and O–H groups in total. The second-order valence-corrected chi connectivity index (χ2v) is 5.94. The van der Waals surface area contributed by atoms with Crippen molar-refractivity contribution in [2.24, 2.45) is 5.92 Å². The van der Waals surface area contributed by atoms with Crippen molar-refractivity contribution in [1.29, 1.82) is 0 Å². The van der Waals surface area contributed by atoms with Crippen molar-refractivity contribution in [3.05, 3.63) is 23.8 Å². The molecule has 1 aromatic heterocycles. The fourth-order valence-electron chi connectivity index (χ4n) is 2.29. The summed E-state index contributed by atoms with van der Waals surface area (Å²) in [6, 6.07) is 7.09. The SMILES string of the molecule is Cc1ccc2nc(NC3CC(C)C3)sc2c1. The van der Waals surface area contributed by atoms with Crippen LogP contribution in [0, 0.1) is 12.8 Å². The van der Waals surface area contributed by atoms with Crippen LogP contribution in [-0.2, 0) is 0 Å². The Bertz CT molecular complexity index is 512. The van der Waals surface area contributed by atoms with Crippen molar-refractivity contribution in [3.8, 4) is 0 Å². The van der Waals surface area contributed by atoms with Crippen LogP contribution in [-0.4, -0.2) is 11.0 Å². The Kier molecular flexibility index (Phi) is 2.36. The van der Waals surface area contributed by atoms with E-state index in [1.54, 1.807) is 11.3 Å². The van der Waals surface area contributed by atoms with E-state index in [2.05, 4.69) is 42.3 Å². The molecule has 0 unspecified atom stereocenters. The van der Waals surface area contributed by atoms with Gasteiger partial charge in [-0.05, 0) is 43.4 Å². The zero-order chi connectivity index (χ0) is 11.1. The molecule has 0 radical (unpaired) electrons. The monoisotopic (exact) mass is 232 g/mol. The topological polar surface area (TPSA) is 24.9 Å². The fourth-order valence-corrected chi connectivity index (χ4v) is 3.33. The molecule has 0 atom stereocenters. The first-order chi connectivity index (χ1) is 7.70. The van der Waals surface area contributed by atoms with E-state index in [-0.39, 0.29) is 0 Å². The van der Waals surface area contributed by atoms with E-state index in [0.29, 0.717) is 6.04 Å². The highest BCUT2D eigenvalue weighted by Crippen LogP contribution is 2.32. The van der Waals surface area contributed by atoms with Crippen molar-refractivity contribution in [3.63, 3.8) is 0 Å². The van der Waals surface area contributed by atoms with Crippen LogP contribution in [0.4, 0.5) is 5.13 Å². The van der Waals surface area contributed by atoms with Gasteiger partial charge in [-0.15, -0.1) is 0 Å². The summed E-state index contributed by atoms with van der Waals surface area (Å²) in [6.07, 6.45) is 2.57. The molecule has 0 aliphatic heterocycles. The van der Waals surface area contributed by atoms with E-state index in [1.165, 1.54) is 23.1 Å². The number of thiazole rings is 1. The van der Waals surface area contributed by atoms with E-state index in [4.69, 9.17) is 0 Å². The number of rotatable bonds is 2. The number of benzene rings is 1. The first-order valence-electron chi connectivity index (χ1n) is 5.84. The lowest BCUT2D eigenvalue weighted by atomic mass is 9.82. The van der Waals surface area contributed by atoms with Crippen LogP contribution in [0.2, 0.25) is 0 Å². The average Bonchev–Trinajstić information content (AvgIpc) is 2.57. The number of aromatic nitrogens is 1. The number of hydrogen-bond acceptors (Lipinski definition) is 3. The molecule has 1 aliphatic carbocycles. The number of nitrogens with one attached hydrogen (secondary N) is 1. The van der Waals surface area contributed by atoms with Crippen LogP contribution in [0.15, 0.2) is 18.2 Å². The number of nitrogens with zero attached hydrogens (tertiary/aromatic N) is 1. The molecular formula is C13H16N2S. The molecule has 0 spiro atoms. The fraction of sp³-hybridized carbons (Fsp3) is 0.462. The Morgan fingerprint density at radius 3 is 2.94 bits per heavy atom. The van der Waals surface area contributed by atoms with Crippen LogP contribution in [0.25, 0.3) is 10.2 Å². The summed E-state index contributed by atoms with van der Waals surface area (Å²) in [5.74, 6) is 0.883. The van der Waals surface area contributed by atoms with Gasteiger partial charge in [0.1, 0.15) is 0 Å². The standard InChI is InChI=1S/C13H16N2S/c1-8-3-4-11-12(7-8)16-13(15-11)14-10-5-9(2)6-10/h3-4,7,9-10H,5-6H2,1-2H3,(H,14,15). The molecule has 1 aliphatic rings. The Hall–Kier alpha value is -1.09. The smallest absolute Gasteiger partial charge is 0.184 e. The van der Waals surface area contributed by atoms with Gasteiger partial charge in [0.25, 0.3) is 0 Å². The maximum Gasteiger partial charge on any atom is 0.184 e. The summed E-state index contributed by atoms with van der Waals surface area (Å²) in [5, 5.41) is 4.61. The number of hydrogen-bond donors (Lipinski definition) is 1. The van der Waals surface area contributed by atoms with Crippen LogP contribution in [0.5, 0.6) is 0 Å². The highest BCUT2D eigenvalue weighted by molar-refractivity contribution is 7.22. The largest absolute Gasteiger partial charge is 0.359 e. The third-order valence-corrected chi connectivity index (χ3v) is 4.19. The van der Waals surface area contributed by atoms with Gasteiger partial charge in [-0.1, -0.05) is 24.3 Å². The van der Waals surface area contributed by atoms with Crippen molar-refractivity contribution in [2.45, 2.75) is 32.7 Å². The molecule has 16 heavy (non-hydrogen) atoms. The van der Waals surface area contributed by atoms with Gasteiger partial charge in [-0.25, -0.2) is 4.98 Å². The zero-order valence-electron chi connectivity index (χ0n) is 9.66. The predicted molar refractivity (Wildman–Crippen MR) is 70.2 cm³/mol. The van der Waals surface area contributed by atoms with Crippen LogP contribution in [0.3, 0.4) is 0 Å². The normalized spacial score (nSPS) is 24.4. The van der Waals surface area contributed by atoms with Crippen molar-refractivity contribution >= 4 is 26.7 Å². The van der Waals surface area contributed by atoms with Gasteiger partial charge < -0.3 is 5.32 Å². The van der Waals surface area contributed by atoms with E-state index in [0.717, 1.165) is 16.6 Å². The zero-order valence-corrected chi connectivity index (χ0v) is 10.5. The maximum atomic E-state index is 4.61. The molecule has 3 rings (SSSR count). The van der Waals surface area contributed by atoms with Crippen molar-refractivity contribution in [1.82, 2.24) is 4.98 Å². The molecule has 0 saturated heterocycles. The summed E-state index contributed by atoms with van der Waals surface area (Å²) in [6.45, 7) is 4.43. The van der Waals surface area contributed by atoms with Crippen LogP contribution < -0.4 is 5.32 Å². The number of anilines is 1. The molecular weight excluding hydrogens is 216 g/mol.